The zero-order valence-corrected chi connectivity index (χ0v) is 13.3. The van der Waals surface area contributed by atoms with E-state index >= 15 is 0 Å². The van der Waals surface area contributed by atoms with E-state index in [0.717, 1.165) is 5.56 Å². The Hall–Kier alpha value is -2.67. The van der Waals surface area contributed by atoms with Crippen LogP contribution in [0, 0.1) is 5.82 Å². The van der Waals surface area contributed by atoms with Crippen LogP contribution >= 0.6 is 0 Å². The summed E-state index contributed by atoms with van der Waals surface area (Å²) >= 11 is 0. The van der Waals surface area contributed by atoms with Crippen molar-refractivity contribution in [3.63, 3.8) is 0 Å². The number of fused-ring (bicyclic) bond motifs is 1. The van der Waals surface area contributed by atoms with Crippen LogP contribution in [-0.4, -0.2) is 29.8 Å². The summed E-state index contributed by atoms with van der Waals surface area (Å²) in [5.74, 6) is 0.206. The topological polar surface area (TPSA) is 63.7 Å². The maximum atomic E-state index is 13.7. The second kappa shape index (κ2) is 7.27. The summed E-state index contributed by atoms with van der Waals surface area (Å²) < 4.78 is 24.3. The van der Waals surface area contributed by atoms with Crippen LogP contribution in [0.4, 0.5) is 9.18 Å². The number of amides is 2. The number of carbonyl (C=O) groups excluding carboxylic acids is 1. The number of aromatic nitrogens is 1. The molecule has 3 rings (SSSR count). The van der Waals surface area contributed by atoms with Crippen LogP contribution in [0.1, 0.15) is 16.7 Å². The first-order valence-electron chi connectivity index (χ1n) is 7.53. The molecular formula is C17H18FN3O3. The van der Waals surface area contributed by atoms with Gasteiger partial charge in [-0.25, -0.2) is 9.18 Å². The molecule has 1 aliphatic heterocycles. The van der Waals surface area contributed by atoms with E-state index in [0.29, 0.717) is 30.0 Å². The zero-order valence-electron chi connectivity index (χ0n) is 13.3. The Bertz CT molecular complexity index is 725. The highest BCUT2D eigenvalue weighted by Gasteiger charge is 2.18. The van der Waals surface area contributed by atoms with Crippen molar-refractivity contribution in [2.45, 2.75) is 19.7 Å². The second-order valence-corrected chi connectivity index (χ2v) is 5.53. The number of ether oxygens (including phenoxy) is 2. The Morgan fingerprint density at radius 3 is 2.96 bits per heavy atom. The summed E-state index contributed by atoms with van der Waals surface area (Å²) in [5.41, 5.74) is 2.22. The molecule has 0 bridgehead atoms. The molecule has 24 heavy (non-hydrogen) atoms. The van der Waals surface area contributed by atoms with Gasteiger partial charge in [0.15, 0.2) is 6.79 Å². The van der Waals surface area contributed by atoms with Crippen molar-refractivity contribution in [1.29, 1.82) is 0 Å². The van der Waals surface area contributed by atoms with E-state index in [4.69, 9.17) is 9.47 Å². The summed E-state index contributed by atoms with van der Waals surface area (Å²) in [5, 5.41) is 2.78. The monoisotopic (exact) mass is 331 g/mol. The molecule has 0 aliphatic carbocycles. The third-order valence-electron chi connectivity index (χ3n) is 3.70. The van der Waals surface area contributed by atoms with E-state index in [-0.39, 0.29) is 25.2 Å². The van der Waals surface area contributed by atoms with Crippen molar-refractivity contribution in [1.82, 2.24) is 15.2 Å². The summed E-state index contributed by atoms with van der Waals surface area (Å²) in [4.78, 5) is 17.7. The lowest BCUT2D eigenvalue weighted by Gasteiger charge is -2.22. The number of hydrogen-bond donors (Lipinski definition) is 1. The van der Waals surface area contributed by atoms with Crippen molar-refractivity contribution in [3.05, 3.63) is 59.2 Å². The van der Waals surface area contributed by atoms with E-state index in [2.05, 4.69) is 10.3 Å². The fourth-order valence-corrected chi connectivity index (χ4v) is 2.53. The van der Waals surface area contributed by atoms with Gasteiger partial charge in [0.1, 0.15) is 11.6 Å². The van der Waals surface area contributed by atoms with Crippen LogP contribution in [0.15, 0.2) is 36.7 Å². The van der Waals surface area contributed by atoms with Crippen LogP contribution in [0.3, 0.4) is 0 Å². The molecule has 0 unspecified atom stereocenters. The molecule has 0 atom stereocenters. The van der Waals surface area contributed by atoms with E-state index in [1.165, 1.54) is 12.1 Å². The fraction of sp³-hybridized carbons (Fsp3) is 0.294. The van der Waals surface area contributed by atoms with Crippen LogP contribution in [-0.2, 0) is 24.4 Å². The van der Waals surface area contributed by atoms with Gasteiger partial charge in [-0.2, -0.15) is 0 Å². The van der Waals surface area contributed by atoms with Crippen LogP contribution in [0.5, 0.6) is 5.75 Å². The lowest BCUT2D eigenvalue weighted by molar-refractivity contribution is -0.0173. The quantitative estimate of drug-likeness (QED) is 0.935. The number of pyridine rings is 1. The smallest absolute Gasteiger partial charge is 0.317 e. The van der Waals surface area contributed by atoms with Gasteiger partial charge in [-0.3, -0.25) is 4.98 Å². The maximum Gasteiger partial charge on any atom is 0.317 e. The number of carbonyl (C=O) groups is 1. The third kappa shape index (κ3) is 3.80. The van der Waals surface area contributed by atoms with Gasteiger partial charge in [-0.1, -0.05) is 0 Å². The second-order valence-electron chi connectivity index (χ2n) is 5.53. The predicted octanol–water partition coefficient (Wildman–Crippen LogP) is 2.43. The van der Waals surface area contributed by atoms with Crippen LogP contribution in [0.25, 0.3) is 0 Å². The molecule has 0 radical (unpaired) electrons. The van der Waals surface area contributed by atoms with E-state index in [1.54, 1.807) is 24.3 Å². The summed E-state index contributed by atoms with van der Waals surface area (Å²) in [7, 11) is 1.70. The lowest BCUT2D eigenvalue weighted by atomic mass is 10.1. The predicted molar refractivity (Wildman–Crippen MR) is 84.6 cm³/mol. The number of nitrogens with one attached hydrogen (secondary N) is 1. The third-order valence-corrected chi connectivity index (χ3v) is 3.70. The summed E-state index contributed by atoms with van der Waals surface area (Å²) in [6.45, 7) is 1.07. The first-order valence-corrected chi connectivity index (χ1v) is 7.53. The van der Waals surface area contributed by atoms with Gasteiger partial charge < -0.3 is 19.7 Å². The van der Waals surface area contributed by atoms with Gasteiger partial charge in [0.05, 0.1) is 6.61 Å². The first kappa shape index (κ1) is 16.2. The normalized spacial score (nSPS) is 12.9. The molecule has 1 aliphatic rings. The molecule has 1 N–H and O–H groups in total. The molecule has 0 saturated heterocycles. The van der Waals surface area contributed by atoms with Crippen molar-refractivity contribution < 1.29 is 18.7 Å². The molecule has 2 heterocycles. The summed E-state index contributed by atoms with van der Waals surface area (Å²) in [6, 6.07) is 6.20. The van der Waals surface area contributed by atoms with E-state index in [1.807, 2.05) is 12.1 Å². The van der Waals surface area contributed by atoms with Crippen LogP contribution in [0.2, 0.25) is 0 Å². The van der Waals surface area contributed by atoms with Crippen molar-refractivity contribution in [2.75, 3.05) is 13.8 Å². The minimum Gasteiger partial charge on any atom is -0.467 e. The van der Waals surface area contributed by atoms with Crippen LogP contribution < -0.4 is 10.1 Å². The molecule has 1 aromatic heterocycles. The molecule has 2 aromatic rings. The average Bonchev–Trinajstić information content (AvgIpc) is 2.60. The van der Waals surface area contributed by atoms with E-state index < -0.39 is 0 Å². The van der Waals surface area contributed by atoms with Gasteiger partial charge in [0.25, 0.3) is 0 Å². The number of benzene rings is 1. The SMILES string of the molecule is CN(Cc1ccncc1)C(=O)NCc1cc(F)cc2c1OCOC2. The zero-order chi connectivity index (χ0) is 16.9. The number of halogens is 1. The largest absolute Gasteiger partial charge is 0.467 e. The van der Waals surface area contributed by atoms with Gasteiger partial charge in [0, 0.05) is 43.7 Å². The Balaban J connectivity index is 1.63. The standard InChI is InChI=1S/C17H18FN3O3/c1-21(9-12-2-4-19-5-3-12)17(22)20-8-13-6-15(18)7-14-10-23-11-24-16(13)14/h2-7H,8-11H2,1H3,(H,20,22). The Labute approximate surface area is 139 Å². The molecule has 0 saturated carbocycles. The minimum atomic E-state index is -0.378. The Morgan fingerprint density at radius 1 is 1.38 bits per heavy atom. The fourth-order valence-electron chi connectivity index (χ4n) is 2.53. The average molecular weight is 331 g/mol. The Kier molecular flexibility index (Phi) is 4.90. The maximum absolute atomic E-state index is 13.7. The van der Waals surface area contributed by atoms with Crippen molar-refractivity contribution in [3.8, 4) is 5.75 Å². The van der Waals surface area contributed by atoms with Gasteiger partial charge in [-0.15, -0.1) is 0 Å². The van der Waals surface area contributed by atoms with Crippen molar-refractivity contribution >= 4 is 6.03 Å². The minimum absolute atomic E-state index is 0.127. The highest BCUT2D eigenvalue weighted by molar-refractivity contribution is 5.74. The highest BCUT2D eigenvalue weighted by Crippen LogP contribution is 2.29. The van der Waals surface area contributed by atoms with Gasteiger partial charge in [-0.05, 0) is 29.8 Å². The molecule has 7 heteroatoms. The van der Waals surface area contributed by atoms with Crippen molar-refractivity contribution in [2.24, 2.45) is 0 Å². The molecule has 0 spiro atoms. The Morgan fingerprint density at radius 2 is 2.17 bits per heavy atom. The van der Waals surface area contributed by atoms with E-state index in [9.17, 15) is 9.18 Å². The lowest BCUT2D eigenvalue weighted by Crippen LogP contribution is -2.36. The number of hydrogen-bond acceptors (Lipinski definition) is 4. The first-order chi connectivity index (χ1) is 11.6. The van der Waals surface area contributed by atoms with Gasteiger partial charge in [0.2, 0.25) is 0 Å². The highest BCUT2D eigenvalue weighted by atomic mass is 19.1. The molecule has 6 nitrogen and oxygen atoms in total. The number of urea groups is 1. The number of rotatable bonds is 4. The molecule has 1 aromatic carbocycles. The molecule has 2 amide bonds. The summed E-state index contributed by atoms with van der Waals surface area (Å²) in [6.07, 6.45) is 3.36. The number of nitrogens with zero attached hydrogens (tertiary/aromatic N) is 2. The molecular weight excluding hydrogens is 313 g/mol. The molecule has 126 valence electrons. The van der Waals surface area contributed by atoms with Gasteiger partial charge >= 0.3 is 6.03 Å². The molecule has 0 fully saturated rings.